The van der Waals surface area contributed by atoms with Gasteiger partial charge in [0, 0.05) is 13.0 Å². The third-order valence-electron chi connectivity index (χ3n) is 3.60. The van der Waals surface area contributed by atoms with Crippen LogP contribution in [0.15, 0.2) is 28.8 Å². The van der Waals surface area contributed by atoms with Crippen LogP contribution < -0.4 is 5.73 Å². The van der Waals surface area contributed by atoms with Crippen molar-refractivity contribution >= 4 is 5.91 Å². The Morgan fingerprint density at radius 1 is 1.45 bits per heavy atom. The molecule has 2 N–H and O–H groups in total. The Hall–Kier alpha value is -2.35. The second-order valence-electron chi connectivity index (χ2n) is 5.17. The molecule has 0 bridgehead atoms. The van der Waals surface area contributed by atoms with Crippen LogP contribution in [0, 0.1) is 5.82 Å². The fraction of sp³-hybridized carbons (Fsp3) is 0.357. The van der Waals surface area contributed by atoms with Gasteiger partial charge in [-0.05, 0) is 12.1 Å². The SMILES string of the molecule is NC(=O)[C@@H]1C[C@@H](F)CN1Cc1nc(-c2ccccc2F)no1. The summed E-state index contributed by atoms with van der Waals surface area (Å²) in [4.78, 5) is 17.0. The summed E-state index contributed by atoms with van der Waals surface area (Å²) < 4.78 is 32.2. The number of rotatable bonds is 4. The molecule has 1 saturated heterocycles. The molecule has 2 atom stereocenters. The van der Waals surface area contributed by atoms with Crippen molar-refractivity contribution in [1.29, 1.82) is 0 Å². The summed E-state index contributed by atoms with van der Waals surface area (Å²) in [5.74, 6) is -0.762. The van der Waals surface area contributed by atoms with Crippen molar-refractivity contribution in [3.05, 3.63) is 36.0 Å². The quantitative estimate of drug-likeness (QED) is 0.919. The molecule has 22 heavy (non-hydrogen) atoms. The molecule has 1 aromatic carbocycles. The van der Waals surface area contributed by atoms with Crippen molar-refractivity contribution in [3.63, 3.8) is 0 Å². The van der Waals surface area contributed by atoms with E-state index in [1.165, 1.54) is 12.1 Å². The van der Waals surface area contributed by atoms with Crippen LogP contribution in [-0.2, 0) is 11.3 Å². The van der Waals surface area contributed by atoms with Gasteiger partial charge in [-0.15, -0.1) is 0 Å². The number of aromatic nitrogens is 2. The van der Waals surface area contributed by atoms with E-state index in [1.54, 1.807) is 17.0 Å². The third kappa shape index (κ3) is 2.82. The average molecular weight is 308 g/mol. The van der Waals surface area contributed by atoms with Gasteiger partial charge in [-0.1, -0.05) is 17.3 Å². The Labute approximate surface area is 124 Å². The molecule has 0 radical (unpaired) electrons. The van der Waals surface area contributed by atoms with Gasteiger partial charge in [-0.3, -0.25) is 9.69 Å². The number of carbonyl (C=O) groups excluding carboxylic acids is 1. The summed E-state index contributed by atoms with van der Waals surface area (Å²) in [7, 11) is 0. The molecule has 0 unspecified atom stereocenters. The molecule has 2 aromatic rings. The van der Waals surface area contributed by atoms with Gasteiger partial charge >= 0.3 is 0 Å². The van der Waals surface area contributed by atoms with Crippen molar-refractivity contribution in [2.45, 2.75) is 25.2 Å². The molecule has 3 rings (SSSR count). The number of primary amides is 1. The van der Waals surface area contributed by atoms with Crippen molar-refractivity contribution in [2.24, 2.45) is 5.73 Å². The van der Waals surface area contributed by atoms with Crippen LogP contribution in [0.1, 0.15) is 12.3 Å². The smallest absolute Gasteiger partial charge is 0.241 e. The van der Waals surface area contributed by atoms with E-state index in [-0.39, 0.29) is 36.8 Å². The van der Waals surface area contributed by atoms with Crippen molar-refractivity contribution < 1.29 is 18.1 Å². The minimum Gasteiger partial charge on any atom is -0.368 e. The summed E-state index contributed by atoms with van der Waals surface area (Å²) in [5.41, 5.74) is 5.47. The maximum absolute atomic E-state index is 13.7. The van der Waals surface area contributed by atoms with E-state index < -0.39 is 23.9 Å². The Morgan fingerprint density at radius 2 is 2.23 bits per heavy atom. The van der Waals surface area contributed by atoms with Crippen LogP contribution in [0.4, 0.5) is 8.78 Å². The highest BCUT2D eigenvalue weighted by Crippen LogP contribution is 2.24. The van der Waals surface area contributed by atoms with E-state index >= 15 is 0 Å². The molecule has 1 aliphatic rings. The van der Waals surface area contributed by atoms with E-state index in [2.05, 4.69) is 10.1 Å². The first-order valence-electron chi connectivity index (χ1n) is 6.79. The van der Waals surface area contributed by atoms with E-state index in [1.807, 2.05) is 0 Å². The number of halogens is 2. The predicted molar refractivity (Wildman–Crippen MR) is 72.6 cm³/mol. The van der Waals surface area contributed by atoms with Crippen molar-refractivity contribution in [3.8, 4) is 11.4 Å². The standard InChI is InChI=1S/C14H14F2N4O2/c15-8-5-11(13(17)21)20(6-8)7-12-18-14(19-22-12)9-3-1-2-4-10(9)16/h1-4,8,11H,5-7H2,(H2,17,21)/t8-,11+/m1/s1. The minimum absolute atomic E-state index is 0.0592. The Balaban J connectivity index is 1.77. The summed E-state index contributed by atoms with van der Waals surface area (Å²) >= 11 is 0. The maximum Gasteiger partial charge on any atom is 0.241 e. The number of nitrogens with two attached hydrogens (primary N) is 1. The lowest BCUT2D eigenvalue weighted by atomic mass is 10.2. The molecule has 0 saturated carbocycles. The highest BCUT2D eigenvalue weighted by atomic mass is 19.1. The first-order chi connectivity index (χ1) is 10.5. The Bertz CT molecular complexity index is 691. The molecule has 1 aliphatic heterocycles. The Kier molecular flexibility index (Phi) is 3.84. The molecule has 6 nitrogen and oxygen atoms in total. The number of alkyl halides is 1. The number of hydrogen-bond donors (Lipinski definition) is 1. The summed E-state index contributed by atoms with van der Waals surface area (Å²) in [6.45, 7) is 0.167. The number of hydrogen-bond acceptors (Lipinski definition) is 5. The first kappa shape index (κ1) is 14.6. The molecule has 116 valence electrons. The van der Waals surface area contributed by atoms with Gasteiger partial charge < -0.3 is 10.3 Å². The molecule has 0 aliphatic carbocycles. The van der Waals surface area contributed by atoms with Crippen LogP contribution in [0.5, 0.6) is 0 Å². The molecular formula is C14H14F2N4O2. The second kappa shape index (κ2) is 5.80. The van der Waals surface area contributed by atoms with E-state index in [0.717, 1.165) is 0 Å². The normalized spacial score (nSPS) is 22.1. The zero-order chi connectivity index (χ0) is 15.7. The monoisotopic (exact) mass is 308 g/mol. The van der Waals surface area contributed by atoms with Crippen LogP contribution in [0.2, 0.25) is 0 Å². The van der Waals surface area contributed by atoms with Gasteiger partial charge in [-0.2, -0.15) is 4.98 Å². The molecule has 1 aromatic heterocycles. The summed E-state index contributed by atoms with van der Waals surface area (Å²) in [6.07, 6.45) is -1.06. The highest BCUT2D eigenvalue weighted by Gasteiger charge is 2.36. The van der Waals surface area contributed by atoms with E-state index in [9.17, 15) is 13.6 Å². The predicted octanol–water partition coefficient (Wildman–Crippen LogP) is 1.27. The number of nitrogens with zero attached hydrogens (tertiary/aromatic N) is 3. The van der Waals surface area contributed by atoms with Crippen molar-refractivity contribution in [2.75, 3.05) is 6.54 Å². The zero-order valence-corrected chi connectivity index (χ0v) is 11.6. The van der Waals surface area contributed by atoms with E-state index in [0.29, 0.717) is 0 Å². The fourth-order valence-corrected chi connectivity index (χ4v) is 2.56. The second-order valence-corrected chi connectivity index (χ2v) is 5.17. The van der Waals surface area contributed by atoms with Gasteiger partial charge in [0.05, 0.1) is 18.2 Å². The summed E-state index contributed by atoms with van der Waals surface area (Å²) in [5, 5.41) is 3.72. The topological polar surface area (TPSA) is 85.3 Å². The number of carbonyl (C=O) groups is 1. The lowest BCUT2D eigenvalue weighted by Crippen LogP contribution is -2.39. The summed E-state index contributed by atoms with van der Waals surface area (Å²) in [6, 6.07) is 5.35. The van der Waals surface area contributed by atoms with Crippen LogP contribution in [-0.4, -0.2) is 39.7 Å². The fourth-order valence-electron chi connectivity index (χ4n) is 2.56. The molecule has 8 heteroatoms. The maximum atomic E-state index is 13.7. The third-order valence-corrected chi connectivity index (χ3v) is 3.60. The largest absolute Gasteiger partial charge is 0.368 e. The molecular weight excluding hydrogens is 294 g/mol. The van der Waals surface area contributed by atoms with Gasteiger partial charge in [0.15, 0.2) is 0 Å². The average Bonchev–Trinajstić information content (AvgIpc) is 3.07. The lowest BCUT2D eigenvalue weighted by molar-refractivity contribution is -0.122. The van der Waals surface area contributed by atoms with Crippen LogP contribution >= 0.6 is 0 Å². The number of amides is 1. The van der Waals surface area contributed by atoms with Crippen LogP contribution in [0.25, 0.3) is 11.4 Å². The van der Waals surface area contributed by atoms with Crippen molar-refractivity contribution in [1.82, 2.24) is 15.0 Å². The zero-order valence-electron chi connectivity index (χ0n) is 11.6. The van der Waals surface area contributed by atoms with Crippen LogP contribution in [0.3, 0.4) is 0 Å². The van der Waals surface area contributed by atoms with Gasteiger partial charge in [-0.25, -0.2) is 8.78 Å². The Morgan fingerprint density at radius 3 is 2.95 bits per heavy atom. The van der Waals surface area contributed by atoms with Gasteiger partial charge in [0.25, 0.3) is 0 Å². The minimum atomic E-state index is -1.12. The van der Waals surface area contributed by atoms with Gasteiger partial charge in [0.1, 0.15) is 12.0 Å². The number of likely N-dealkylation sites (tertiary alicyclic amines) is 1. The lowest BCUT2D eigenvalue weighted by Gasteiger charge is -2.18. The molecule has 1 fully saturated rings. The number of benzene rings is 1. The molecule has 0 spiro atoms. The first-order valence-corrected chi connectivity index (χ1v) is 6.79. The molecule has 1 amide bonds. The van der Waals surface area contributed by atoms with E-state index in [4.69, 9.17) is 10.3 Å². The van der Waals surface area contributed by atoms with Gasteiger partial charge in [0.2, 0.25) is 17.6 Å². The molecule has 2 heterocycles. The highest BCUT2D eigenvalue weighted by molar-refractivity contribution is 5.80.